The van der Waals surface area contributed by atoms with Gasteiger partial charge in [0.05, 0.1) is 5.41 Å². The summed E-state index contributed by atoms with van der Waals surface area (Å²) in [5.41, 5.74) is 8.98. The Hall–Kier alpha value is -8.41. The highest BCUT2D eigenvalue weighted by Gasteiger charge is 2.48. The van der Waals surface area contributed by atoms with Crippen molar-refractivity contribution in [2.75, 3.05) is 0 Å². The molecule has 1 aromatic heterocycles. The van der Waals surface area contributed by atoms with Crippen molar-refractivity contribution >= 4 is 32.3 Å². The molecule has 0 spiro atoms. The lowest BCUT2D eigenvalue weighted by Gasteiger charge is -2.34. The quantitative estimate of drug-likeness (QED) is 0.162. The number of rotatable bonds is 5. The molecule has 0 unspecified atom stereocenters. The second kappa shape index (κ2) is 13.8. The van der Waals surface area contributed by atoms with Crippen LogP contribution in [0.25, 0.3) is 77.6 Å². The fraction of sp³-hybridized carbons (Fsp3) is 0.0172. The van der Waals surface area contributed by atoms with Crippen molar-refractivity contribution in [1.82, 2.24) is 15.0 Å². The van der Waals surface area contributed by atoms with Crippen LogP contribution in [0.2, 0.25) is 0 Å². The summed E-state index contributed by atoms with van der Waals surface area (Å²) in [6.07, 6.45) is 0. The van der Waals surface area contributed by atoms with Crippen molar-refractivity contribution in [1.29, 1.82) is 0 Å². The van der Waals surface area contributed by atoms with E-state index in [-0.39, 0.29) is 0 Å². The van der Waals surface area contributed by atoms with Crippen molar-refractivity contribution in [2.24, 2.45) is 0 Å². The highest BCUT2D eigenvalue weighted by atomic mass is 16.6. The van der Waals surface area contributed by atoms with Crippen LogP contribution in [0.15, 0.2) is 212 Å². The average molecular weight is 806 g/mol. The number of nitrogens with zero attached hydrogens (tertiary/aromatic N) is 3. The molecule has 10 aromatic carbocycles. The fourth-order valence-electron chi connectivity index (χ4n) is 10.1. The third kappa shape index (κ3) is 5.33. The molecule has 294 valence electrons. The van der Waals surface area contributed by atoms with Crippen LogP contribution in [-0.4, -0.2) is 15.0 Å². The first kappa shape index (κ1) is 35.4. The van der Waals surface area contributed by atoms with Crippen molar-refractivity contribution in [3.05, 3.63) is 235 Å². The van der Waals surface area contributed by atoms with Crippen molar-refractivity contribution in [3.8, 4) is 68.3 Å². The zero-order valence-electron chi connectivity index (χ0n) is 33.9. The third-order valence-electron chi connectivity index (χ3n) is 12.8. The second-order valence-corrected chi connectivity index (χ2v) is 16.2. The van der Waals surface area contributed by atoms with Gasteiger partial charge in [0, 0.05) is 22.3 Å². The molecule has 0 atom stereocenters. The Balaban J connectivity index is 0.940. The van der Waals surface area contributed by atoms with Crippen molar-refractivity contribution in [2.45, 2.75) is 5.41 Å². The molecule has 0 saturated carbocycles. The molecule has 1 aliphatic heterocycles. The van der Waals surface area contributed by atoms with Gasteiger partial charge < -0.3 is 9.47 Å². The molecule has 0 radical (unpaired) electrons. The van der Waals surface area contributed by atoms with Gasteiger partial charge in [0.2, 0.25) is 0 Å². The maximum atomic E-state index is 6.95. The van der Waals surface area contributed by atoms with Crippen LogP contribution in [0.1, 0.15) is 22.3 Å². The first-order valence-corrected chi connectivity index (χ1v) is 21.3. The average Bonchev–Trinajstić information content (AvgIpc) is 3.67. The van der Waals surface area contributed by atoms with E-state index in [2.05, 4.69) is 164 Å². The Morgan fingerprint density at radius 3 is 1.46 bits per heavy atom. The lowest BCUT2D eigenvalue weighted by Crippen LogP contribution is -2.28. The summed E-state index contributed by atoms with van der Waals surface area (Å²) in [5, 5.41) is 7.22. The normalized spacial score (nSPS) is 13.1. The first-order valence-electron chi connectivity index (χ1n) is 21.3. The zero-order chi connectivity index (χ0) is 41.5. The third-order valence-corrected chi connectivity index (χ3v) is 12.8. The predicted molar refractivity (Wildman–Crippen MR) is 253 cm³/mol. The monoisotopic (exact) mass is 805 g/mol. The van der Waals surface area contributed by atoms with Gasteiger partial charge in [-0.05, 0) is 90.5 Å². The minimum atomic E-state index is -0.546. The fourth-order valence-corrected chi connectivity index (χ4v) is 10.1. The van der Waals surface area contributed by atoms with Crippen LogP contribution in [0.5, 0.6) is 23.0 Å². The van der Waals surface area contributed by atoms with Gasteiger partial charge in [0.1, 0.15) is 0 Å². The minimum Gasteiger partial charge on any atom is -0.449 e. The lowest BCUT2D eigenvalue weighted by molar-refractivity contribution is 0.360. The topological polar surface area (TPSA) is 57.1 Å². The van der Waals surface area contributed by atoms with E-state index in [0.29, 0.717) is 40.5 Å². The summed E-state index contributed by atoms with van der Waals surface area (Å²) < 4.78 is 13.8. The SMILES string of the molecule is c1ccc(-c2nc(-c3ccc4c(c3)Oc3ccc5c(c3O4)-c3ccccc3C5(c3ccccc3)c3ccccc3)nc(-c3ccc4c5ccccc5c5ccccc5c4c3)n2)cc1. The zero-order valence-corrected chi connectivity index (χ0v) is 33.9. The summed E-state index contributed by atoms with van der Waals surface area (Å²) in [6, 6.07) is 74.3. The Morgan fingerprint density at radius 1 is 0.317 bits per heavy atom. The van der Waals surface area contributed by atoms with Gasteiger partial charge in [0.25, 0.3) is 0 Å². The molecule has 0 bridgehead atoms. The second-order valence-electron chi connectivity index (χ2n) is 16.2. The molecule has 0 N–H and O–H groups in total. The standard InChI is InChI=1S/C58H35N3O2/c1-4-16-36(17-5-1)55-59-56(37-28-30-45-43-24-11-10-22-41(43)42-23-12-13-25-44(42)47(45)34-37)61-57(60-55)38-29-32-50-52(35-38)62-51-33-31-49-53(54(51)63-50)46-26-14-15-27-48(46)58(49,39-18-6-2-7-19-39)40-20-8-3-9-21-40/h1-35H. The maximum Gasteiger partial charge on any atom is 0.178 e. The van der Waals surface area contributed by atoms with Crippen LogP contribution in [0.4, 0.5) is 0 Å². The largest absolute Gasteiger partial charge is 0.449 e. The molecule has 5 nitrogen and oxygen atoms in total. The van der Waals surface area contributed by atoms with E-state index in [0.717, 1.165) is 38.8 Å². The maximum absolute atomic E-state index is 6.95. The Bertz CT molecular complexity index is 3550. The molecule has 63 heavy (non-hydrogen) atoms. The Kier molecular flexibility index (Phi) is 7.75. The van der Waals surface area contributed by atoms with E-state index in [1.54, 1.807) is 0 Å². The molecule has 11 aromatic rings. The number of benzene rings is 10. The van der Waals surface area contributed by atoms with E-state index in [9.17, 15) is 0 Å². The number of aromatic nitrogens is 3. The molecule has 0 amide bonds. The molecular formula is C58H35N3O2. The van der Waals surface area contributed by atoms with Gasteiger partial charge in [-0.25, -0.2) is 15.0 Å². The molecule has 0 saturated heterocycles. The molecule has 1 aliphatic carbocycles. The molecule has 13 rings (SSSR count). The van der Waals surface area contributed by atoms with E-state index in [1.807, 2.05) is 48.5 Å². The first-order chi connectivity index (χ1) is 31.2. The number of hydrogen-bond donors (Lipinski definition) is 0. The van der Waals surface area contributed by atoms with Gasteiger partial charge >= 0.3 is 0 Å². The number of ether oxygens (including phenoxy) is 2. The summed E-state index contributed by atoms with van der Waals surface area (Å²) in [7, 11) is 0. The van der Waals surface area contributed by atoms with E-state index in [1.165, 1.54) is 43.6 Å². The highest BCUT2D eigenvalue weighted by molar-refractivity contribution is 6.25. The van der Waals surface area contributed by atoms with Gasteiger partial charge in [-0.3, -0.25) is 0 Å². The van der Waals surface area contributed by atoms with Crippen LogP contribution >= 0.6 is 0 Å². The van der Waals surface area contributed by atoms with Crippen molar-refractivity contribution < 1.29 is 9.47 Å². The number of hydrogen-bond acceptors (Lipinski definition) is 5. The number of fused-ring (bicyclic) bond motifs is 12. The van der Waals surface area contributed by atoms with Gasteiger partial charge in [-0.15, -0.1) is 0 Å². The van der Waals surface area contributed by atoms with Crippen molar-refractivity contribution in [3.63, 3.8) is 0 Å². The van der Waals surface area contributed by atoms with E-state index in [4.69, 9.17) is 24.4 Å². The summed E-state index contributed by atoms with van der Waals surface area (Å²) in [5.74, 6) is 4.30. The van der Waals surface area contributed by atoms with Crippen LogP contribution < -0.4 is 9.47 Å². The summed E-state index contributed by atoms with van der Waals surface area (Å²) in [6.45, 7) is 0. The predicted octanol–water partition coefficient (Wildman–Crippen LogP) is 14.6. The minimum absolute atomic E-state index is 0.540. The summed E-state index contributed by atoms with van der Waals surface area (Å²) in [4.78, 5) is 15.3. The van der Waals surface area contributed by atoms with Crippen LogP contribution in [0, 0.1) is 0 Å². The van der Waals surface area contributed by atoms with Crippen LogP contribution in [0.3, 0.4) is 0 Å². The Labute approximate surface area is 363 Å². The molecule has 5 heteroatoms. The summed E-state index contributed by atoms with van der Waals surface area (Å²) >= 11 is 0. The lowest BCUT2D eigenvalue weighted by atomic mass is 9.68. The van der Waals surface area contributed by atoms with Gasteiger partial charge in [-0.1, -0.05) is 182 Å². The highest BCUT2D eigenvalue weighted by Crippen LogP contribution is 2.62. The van der Waals surface area contributed by atoms with Crippen LogP contribution in [-0.2, 0) is 5.41 Å². The van der Waals surface area contributed by atoms with Gasteiger partial charge in [-0.2, -0.15) is 0 Å². The smallest absolute Gasteiger partial charge is 0.178 e. The molecule has 0 fully saturated rings. The molecule has 2 heterocycles. The molecular weight excluding hydrogens is 771 g/mol. The van der Waals surface area contributed by atoms with Gasteiger partial charge in [0.15, 0.2) is 40.5 Å². The molecule has 2 aliphatic rings. The Morgan fingerprint density at radius 2 is 0.810 bits per heavy atom. The van der Waals surface area contributed by atoms with E-state index < -0.39 is 5.41 Å². The van der Waals surface area contributed by atoms with E-state index >= 15 is 0 Å².